The molecule has 0 spiro atoms. The van der Waals surface area contributed by atoms with Gasteiger partial charge in [0.2, 0.25) is 5.89 Å². The second-order valence-electron chi connectivity index (χ2n) is 4.16. The van der Waals surface area contributed by atoms with Crippen LogP contribution in [-0.2, 0) is 13.0 Å². The summed E-state index contributed by atoms with van der Waals surface area (Å²) in [4.78, 5) is 16.6. The zero-order valence-corrected chi connectivity index (χ0v) is 12.9. The minimum Gasteiger partial charge on any atom is -0.342 e. The normalized spacial score (nSPS) is 11.7. The van der Waals surface area contributed by atoms with E-state index in [1.165, 1.54) is 11.3 Å². The average molecular weight is 317 g/mol. The van der Waals surface area contributed by atoms with Gasteiger partial charge in [0.15, 0.2) is 5.82 Å². The van der Waals surface area contributed by atoms with Crippen molar-refractivity contribution in [1.82, 2.24) is 20.8 Å². The lowest BCUT2D eigenvalue weighted by Crippen LogP contribution is -2.24. The molecular formula is C12H17ClN4O2S. The predicted molar refractivity (Wildman–Crippen MR) is 79.3 cm³/mol. The van der Waals surface area contributed by atoms with Crippen molar-refractivity contribution in [3.63, 3.8) is 0 Å². The van der Waals surface area contributed by atoms with Crippen molar-refractivity contribution in [1.29, 1.82) is 0 Å². The van der Waals surface area contributed by atoms with Crippen LogP contribution in [0.4, 0.5) is 0 Å². The third-order valence-electron chi connectivity index (χ3n) is 2.64. The summed E-state index contributed by atoms with van der Waals surface area (Å²) < 4.78 is 5.08. The lowest BCUT2D eigenvalue weighted by atomic mass is 10.2. The number of carbonyl (C=O) groups excluding carboxylic acids is 1. The molecule has 6 nitrogen and oxygen atoms in total. The Kier molecular flexibility index (Phi) is 6.63. The molecule has 0 aliphatic heterocycles. The highest BCUT2D eigenvalue weighted by Crippen LogP contribution is 2.08. The van der Waals surface area contributed by atoms with Crippen LogP contribution in [0.2, 0.25) is 0 Å². The highest BCUT2D eigenvalue weighted by atomic mass is 35.5. The number of hydrogen-bond acceptors (Lipinski definition) is 6. The van der Waals surface area contributed by atoms with Crippen LogP contribution in [0, 0.1) is 0 Å². The fourth-order valence-corrected chi connectivity index (χ4v) is 2.11. The number of likely N-dealkylation sites (N-methyl/N-ethyl adjacent to an activating group) is 1. The molecule has 0 aliphatic carbocycles. The van der Waals surface area contributed by atoms with Crippen LogP contribution in [0.5, 0.6) is 0 Å². The number of halogens is 1. The molecule has 2 aromatic rings. The number of nitrogens with one attached hydrogen (secondary N) is 2. The topological polar surface area (TPSA) is 80.0 Å². The SMILES string of the molecule is CNC(C)Cc1noc(CNC(=O)c2cccs2)n1.Cl. The third kappa shape index (κ3) is 4.59. The smallest absolute Gasteiger partial charge is 0.261 e. The number of aromatic nitrogens is 2. The first-order valence-electron chi connectivity index (χ1n) is 5.99. The Bertz CT molecular complexity index is 529. The van der Waals surface area contributed by atoms with Gasteiger partial charge in [-0.05, 0) is 25.4 Å². The first-order chi connectivity index (χ1) is 9.19. The zero-order chi connectivity index (χ0) is 13.7. The summed E-state index contributed by atoms with van der Waals surface area (Å²) in [6.45, 7) is 2.28. The first-order valence-corrected chi connectivity index (χ1v) is 6.87. The molecule has 2 aromatic heterocycles. The molecular weight excluding hydrogens is 300 g/mol. The number of nitrogens with zero attached hydrogens (tertiary/aromatic N) is 2. The molecule has 0 saturated carbocycles. The lowest BCUT2D eigenvalue weighted by Gasteiger charge is -2.04. The van der Waals surface area contributed by atoms with Crippen LogP contribution >= 0.6 is 23.7 Å². The maximum atomic E-state index is 11.7. The molecule has 110 valence electrons. The number of thiophene rings is 1. The number of rotatable bonds is 6. The van der Waals surface area contributed by atoms with E-state index in [0.29, 0.717) is 23.0 Å². The Morgan fingerprint density at radius 3 is 3.00 bits per heavy atom. The van der Waals surface area contributed by atoms with Gasteiger partial charge in [-0.3, -0.25) is 4.79 Å². The molecule has 2 N–H and O–H groups in total. The Balaban J connectivity index is 0.00000200. The number of hydrogen-bond donors (Lipinski definition) is 2. The molecule has 0 bridgehead atoms. The monoisotopic (exact) mass is 316 g/mol. The fraction of sp³-hybridized carbons (Fsp3) is 0.417. The molecule has 0 saturated heterocycles. The summed E-state index contributed by atoms with van der Waals surface area (Å²) >= 11 is 1.40. The molecule has 2 heterocycles. The lowest BCUT2D eigenvalue weighted by molar-refractivity contribution is 0.0950. The quantitative estimate of drug-likeness (QED) is 0.846. The van der Waals surface area contributed by atoms with Crippen LogP contribution in [0.1, 0.15) is 28.3 Å². The van der Waals surface area contributed by atoms with Gasteiger partial charge in [-0.25, -0.2) is 0 Å². The second-order valence-corrected chi connectivity index (χ2v) is 5.11. The summed E-state index contributed by atoms with van der Waals surface area (Å²) in [5.41, 5.74) is 0. The maximum absolute atomic E-state index is 11.7. The van der Waals surface area contributed by atoms with E-state index in [1.54, 1.807) is 6.07 Å². The highest BCUT2D eigenvalue weighted by Gasteiger charge is 2.11. The molecule has 0 radical (unpaired) electrons. The summed E-state index contributed by atoms with van der Waals surface area (Å²) in [5, 5.41) is 11.6. The van der Waals surface area contributed by atoms with Crippen LogP contribution in [0.25, 0.3) is 0 Å². The molecule has 2 rings (SSSR count). The van der Waals surface area contributed by atoms with Crippen molar-refractivity contribution in [2.75, 3.05) is 7.05 Å². The van der Waals surface area contributed by atoms with Gasteiger partial charge in [-0.2, -0.15) is 4.98 Å². The summed E-state index contributed by atoms with van der Waals surface area (Å²) in [6.07, 6.45) is 0.693. The van der Waals surface area contributed by atoms with Crippen molar-refractivity contribution in [3.05, 3.63) is 34.1 Å². The summed E-state index contributed by atoms with van der Waals surface area (Å²) in [6, 6.07) is 3.89. The van der Waals surface area contributed by atoms with Gasteiger partial charge in [0, 0.05) is 12.5 Å². The Hall–Kier alpha value is -1.44. The van der Waals surface area contributed by atoms with Crippen molar-refractivity contribution in [2.24, 2.45) is 0 Å². The van der Waals surface area contributed by atoms with Crippen molar-refractivity contribution in [2.45, 2.75) is 25.9 Å². The third-order valence-corrected chi connectivity index (χ3v) is 3.51. The van der Waals surface area contributed by atoms with Crippen molar-refractivity contribution < 1.29 is 9.32 Å². The van der Waals surface area contributed by atoms with Crippen LogP contribution < -0.4 is 10.6 Å². The number of amides is 1. The molecule has 1 unspecified atom stereocenters. The van der Waals surface area contributed by atoms with E-state index in [0.717, 1.165) is 0 Å². The van der Waals surface area contributed by atoms with Crippen molar-refractivity contribution >= 4 is 29.7 Å². The summed E-state index contributed by atoms with van der Waals surface area (Å²) in [5.74, 6) is 0.934. The van der Waals surface area contributed by atoms with E-state index in [1.807, 2.05) is 25.4 Å². The standard InChI is InChI=1S/C12H16N4O2S.ClH/c1-8(13-2)6-10-15-11(18-16-10)7-14-12(17)9-4-3-5-19-9;/h3-5,8,13H,6-7H2,1-2H3,(H,14,17);1H. The van der Waals surface area contributed by atoms with Crippen molar-refractivity contribution in [3.8, 4) is 0 Å². The zero-order valence-electron chi connectivity index (χ0n) is 11.3. The molecule has 0 fully saturated rings. The molecule has 1 amide bonds. The molecule has 20 heavy (non-hydrogen) atoms. The van der Waals surface area contributed by atoms with Crippen LogP contribution in [-0.4, -0.2) is 29.1 Å². The van der Waals surface area contributed by atoms with Gasteiger partial charge >= 0.3 is 0 Å². The van der Waals surface area contributed by atoms with E-state index in [2.05, 4.69) is 20.8 Å². The second kappa shape index (κ2) is 7.98. The van der Waals surface area contributed by atoms with E-state index < -0.39 is 0 Å². The van der Waals surface area contributed by atoms with E-state index in [-0.39, 0.29) is 30.9 Å². The fourth-order valence-electron chi connectivity index (χ4n) is 1.47. The van der Waals surface area contributed by atoms with Gasteiger partial charge in [0.05, 0.1) is 11.4 Å². The van der Waals surface area contributed by atoms with Gasteiger partial charge in [-0.15, -0.1) is 23.7 Å². The minimum atomic E-state index is -0.127. The van der Waals surface area contributed by atoms with E-state index in [9.17, 15) is 4.79 Å². The van der Waals surface area contributed by atoms with Crippen LogP contribution in [0.3, 0.4) is 0 Å². The molecule has 8 heteroatoms. The predicted octanol–water partition coefficient (Wildman–Crippen LogP) is 1.63. The van der Waals surface area contributed by atoms with E-state index in [4.69, 9.17) is 4.52 Å². The molecule has 0 aliphatic rings. The molecule has 0 aromatic carbocycles. The number of carbonyl (C=O) groups is 1. The van der Waals surface area contributed by atoms with Crippen LogP contribution in [0.15, 0.2) is 22.0 Å². The Morgan fingerprint density at radius 1 is 1.55 bits per heavy atom. The Morgan fingerprint density at radius 2 is 2.35 bits per heavy atom. The van der Waals surface area contributed by atoms with Gasteiger partial charge in [0.25, 0.3) is 5.91 Å². The first kappa shape index (κ1) is 16.6. The van der Waals surface area contributed by atoms with Gasteiger partial charge in [-0.1, -0.05) is 11.2 Å². The highest BCUT2D eigenvalue weighted by molar-refractivity contribution is 7.12. The summed E-state index contributed by atoms with van der Waals surface area (Å²) in [7, 11) is 1.88. The van der Waals surface area contributed by atoms with E-state index >= 15 is 0 Å². The molecule has 1 atom stereocenters. The Labute approximate surface area is 127 Å². The maximum Gasteiger partial charge on any atom is 0.261 e. The van der Waals surface area contributed by atoms with Gasteiger partial charge in [0.1, 0.15) is 0 Å². The largest absolute Gasteiger partial charge is 0.342 e. The van der Waals surface area contributed by atoms with Gasteiger partial charge < -0.3 is 15.2 Å². The average Bonchev–Trinajstić information content (AvgIpc) is 3.07. The minimum absolute atomic E-state index is 0.